The van der Waals surface area contributed by atoms with E-state index in [0.717, 1.165) is 32.5 Å². The molecule has 0 amide bonds. The molecule has 84 valence electrons. The van der Waals surface area contributed by atoms with E-state index >= 15 is 0 Å². The first-order chi connectivity index (χ1) is 7.33. The number of rotatable bonds is 6. The summed E-state index contributed by atoms with van der Waals surface area (Å²) in [6, 6.07) is 0. The van der Waals surface area contributed by atoms with E-state index in [1.165, 1.54) is 0 Å². The summed E-state index contributed by atoms with van der Waals surface area (Å²) in [6.45, 7) is 4.61. The van der Waals surface area contributed by atoms with Gasteiger partial charge in [0.15, 0.2) is 5.96 Å². The summed E-state index contributed by atoms with van der Waals surface area (Å²) in [5, 5.41) is 2.96. The van der Waals surface area contributed by atoms with Crippen molar-refractivity contribution in [1.29, 1.82) is 0 Å². The number of guanidine groups is 1. The van der Waals surface area contributed by atoms with Crippen LogP contribution in [0.2, 0.25) is 0 Å². The molecule has 0 atom stereocenters. The van der Waals surface area contributed by atoms with Gasteiger partial charge in [-0.25, -0.2) is 4.98 Å². The minimum absolute atomic E-state index is 0.542. The fourth-order valence-electron chi connectivity index (χ4n) is 1.26. The Labute approximate surface area is 90.4 Å². The maximum atomic E-state index is 5.58. The Kier molecular flexibility index (Phi) is 5.29. The first-order valence-electron chi connectivity index (χ1n) is 5.32. The Bertz CT molecular complexity index is 278. The quantitative estimate of drug-likeness (QED) is 0.409. The predicted molar refractivity (Wildman–Crippen MR) is 61.6 cm³/mol. The molecule has 1 heterocycles. The van der Waals surface area contributed by atoms with Gasteiger partial charge < -0.3 is 15.6 Å². The second-order valence-corrected chi connectivity index (χ2v) is 3.30. The molecule has 0 bridgehead atoms. The highest BCUT2D eigenvalue weighted by atomic mass is 15.1. The Morgan fingerprint density at radius 2 is 2.40 bits per heavy atom. The molecule has 0 aromatic carbocycles. The fourth-order valence-corrected chi connectivity index (χ4v) is 1.26. The van der Waals surface area contributed by atoms with Crippen LogP contribution in [0.5, 0.6) is 0 Å². The molecule has 1 aromatic heterocycles. The van der Waals surface area contributed by atoms with Crippen LogP contribution in [0.1, 0.15) is 19.8 Å². The molecule has 3 N–H and O–H groups in total. The van der Waals surface area contributed by atoms with Crippen molar-refractivity contribution < 1.29 is 0 Å². The summed E-state index contributed by atoms with van der Waals surface area (Å²) in [7, 11) is 0. The normalized spacial score (nSPS) is 11.7. The molecule has 0 spiro atoms. The van der Waals surface area contributed by atoms with Crippen molar-refractivity contribution in [3.05, 3.63) is 18.7 Å². The summed E-state index contributed by atoms with van der Waals surface area (Å²) >= 11 is 0. The van der Waals surface area contributed by atoms with E-state index < -0.39 is 0 Å². The lowest BCUT2D eigenvalue weighted by Crippen LogP contribution is -2.31. The molecule has 1 aromatic rings. The molecule has 0 radical (unpaired) electrons. The lowest BCUT2D eigenvalue weighted by atomic mass is 10.3. The van der Waals surface area contributed by atoms with Gasteiger partial charge in [0.25, 0.3) is 0 Å². The average Bonchev–Trinajstić information content (AvgIpc) is 2.70. The molecule has 5 heteroatoms. The van der Waals surface area contributed by atoms with Crippen LogP contribution in [-0.4, -0.2) is 28.6 Å². The molecule has 0 aliphatic heterocycles. The molecule has 0 aliphatic carbocycles. The third-order valence-corrected chi connectivity index (χ3v) is 2.02. The van der Waals surface area contributed by atoms with E-state index in [1.807, 2.05) is 19.4 Å². The van der Waals surface area contributed by atoms with Crippen molar-refractivity contribution in [2.45, 2.75) is 26.3 Å². The molecule has 0 fully saturated rings. The Morgan fingerprint density at radius 1 is 1.53 bits per heavy atom. The standard InChI is InChI=1S/C10H19N5/c1-2-13-10(11)14-5-3-4-7-15-8-6-12-9-15/h6,8-9H,2-5,7H2,1H3,(H3,11,13,14). The van der Waals surface area contributed by atoms with Crippen LogP contribution in [0.3, 0.4) is 0 Å². The number of aromatic nitrogens is 2. The number of aliphatic imine (C=N–C) groups is 1. The van der Waals surface area contributed by atoms with E-state index in [4.69, 9.17) is 5.73 Å². The van der Waals surface area contributed by atoms with E-state index in [0.29, 0.717) is 5.96 Å². The summed E-state index contributed by atoms with van der Waals surface area (Å²) in [4.78, 5) is 8.17. The van der Waals surface area contributed by atoms with Crippen molar-refractivity contribution in [2.24, 2.45) is 10.7 Å². The Balaban J connectivity index is 2.04. The van der Waals surface area contributed by atoms with E-state index in [1.54, 1.807) is 6.20 Å². The third-order valence-electron chi connectivity index (χ3n) is 2.02. The smallest absolute Gasteiger partial charge is 0.188 e. The van der Waals surface area contributed by atoms with E-state index in [9.17, 15) is 0 Å². The lowest BCUT2D eigenvalue weighted by Gasteiger charge is -2.02. The minimum Gasteiger partial charge on any atom is -0.370 e. The molecule has 5 nitrogen and oxygen atoms in total. The number of unbranched alkanes of at least 4 members (excludes halogenated alkanes) is 1. The van der Waals surface area contributed by atoms with Crippen molar-refractivity contribution in [2.75, 3.05) is 13.1 Å². The van der Waals surface area contributed by atoms with Gasteiger partial charge in [-0.05, 0) is 19.8 Å². The fraction of sp³-hybridized carbons (Fsp3) is 0.600. The zero-order chi connectivity index (χ0) is 10.9. The molecule has 0 saturated heterocycles. The highest BCUT2D eigenvalue weighted by Gasteiger charge is 1.91. The topological polar surface area (TPSA) is 68.2 Å². The van der Waals surface area contributed by atoms with Gasteiger partial charge >= 0.3 is 0 Å². The second-order valence-electron chi connectivity index (χ2n) is 3.30. The van der Waals surface area contributed by atoms with Gasteiger partial charge in [0, 0.05) is 32.0 Å². The first-order valence-corrected chi connectivity index (χ1v) is 5.32. The lowest BCUT2D eigenvalue weighted by molar-refractivity contribution is 0.614. The number of aryl methyl sites for hydroxylation is 1. The van der Waals surface area contributed by atoms with Crippen LogP contribution < -0.4 is 11.1 Å². The zero-order valence-electron chi connectivity index (χ0n) is 9.19. The Morgan fingerprint density at radius 3 is 3.07 bits per heavy atom. The van der Waals surface area contributed by atoms with Gasteiger partial charge in [0.2, 0.25) is 0 Å². The number of hydrogen-bond donors (Lipinski definition) is 2. The van der Waals surface area contributed by atoms with Gasteiger partial charge in [0.05, 0.1) is 6.33 Å². The molecule has 0 unspecified atom stereocenters. The number of imidazole rings is 1. The van der Waals surface area contributed by atoms with Crippen LogP contribution in [0, 0.1) is 0 Å². The number of nitrogens with zero attached hydrogens (tertiary/aromatic N) is 3. The van der Waals surface area contributed by atoms with Gasteiger partial charge in [-0.2, -0.15) is 0 Å². The summed E-state index contributed by atoms with van der Waals surface area (Å²) in [5.41, 5.74) is 5.58. The maximum absolute atomic E-state index is 5.58. The van der Waals surface area contributed by atoms with E-state index in [-0.39, 0.29) is 0 Å². The highest BCUT2D eigenvalue weighted by Crippen LogP contribution is 1.95. The Hall–Kier alpha value is -1.52. The van der Waals surface area contributed by atoms with Gasteiger partial charge in [0.1, 0.15) is 0 Å². The predicted octanol–water partition coefficient (Wildman–Crippen LogP) is 0.587. The number of nitrogens with two attached hydrogens (primary N) is 1. The molecule has 15 heavy (non-hydrogen) atoms. The molecule has 0 aliphatic rings. The van der Waals surface area contributed by atoms with Crippen molar-refractivity contribution in [3.63, 3.8) is 0 Å². The van der Waals surface area contributed by atoms with Gasteiger partial charge in [-0.15, -0.1) is 0 Å². The van der Waals surface area contributed by atoms with Gasteiger partial charge in [-0.1, -0.05) is 0 Å². The van der Waals surface area contributed by atoms with Crippen molar-refractivity contribution in [1.82, 2.24) is 14.9 Å². The SMILES string of the molecule is CCNC(N)=NCCCCn1ccnc1. The van der Waals surface area contributed by atoms with Crippen LogP contribution in [-0.2, 0) is 6.54 Å². The first kappa shape index (κ1) is 11.6. The molecular weight excluding hydrogens is 190 g/mol. The maximum Gasteiger partial charge on any atom is 0.188 e. The summed E-state index contributed by atoms with van der Waals surface area (Å²) in [6.07, 6.45) is 7.73. The third kappa shape index (κ3) is 5.05. The monoisotopic (exact) mass is 209 g/mol. The zero-order valence-corrected chi connectivity index (χ0v) is 9.19. The van der Waals surface area contributed by atoms with Crippen molar-refractivity contribution in [3.8, 4) is 0 Å². The molecular formula is C10H19N5. The number of hydrogen-bond acceptors (Lipinski definition) is 2. The van der Waals surface area contributed by atoms with Crippen LogP contribution in [0.15, 0.2) is 23.7 Å². The number of nitrogens with one attached hydrogen (secondary N) is 1. The summed E-state index contributed by atoms with van der Waals surface area (Å²) in [5.74, 6) is 0.542. The molecule has 1 rings (SSSR count). The van der Waals surface area contributed by atoms with Crippen LogP contribution in [0.25, 0.3) is 0 Å². The molecule has 0 saturated carbocycles. The van der Waals surface area contributed by atoms with Crippen molar-refractivity contribution >= 4 is 5.96 Å². The largest absolute Gasteiger partial charge is 0.370 e. The van der Waals surface area contributed by atoms with E-state index in [2.05, 4.69) is 19.9 Å². The highest BCUT2D eigenvalue weighted by molar-refractivity contribution is 5.77. The minimum atomic E-state index is 0.542. The summed E-state index contributed by atoms with van der Waals surface area (Å²) < 4.78 is 2.07. The van der Waals surface area contributed by atoms with Crippen LogP contribution in [0.4, 0.5) is 0 Å². The average molecular weight is 209 g/mol. The second kappa shape index (κ2) is 6.86. The van der Waals surface area contributed by atoms with Crippen LogP contribution >= 0.6 is 0 Å². The van der Waals surface area contributed by atoms with Gasteiger partial charge in [-0.3, -0.25) is 4.99 Å².